The number of para-hydroxylation sites is 1. The number of hydrogen-bond donors (Lipinski definition) is 1. The van der Waals surface area contributed by atoms with E-state index in [0.717, 1.165) is 24.3 Å². The Kier molecular flexibility index (Phi) is 4.12. The molecule has 0 atom stereocenters. The summed E-state index contributed by atoms with van der Waals surface area (Å²) >= 11 is 7.78. The third-order valence-corrected chi connectivity index (χ3v) is 4.10. The predicted molar refractivity (Wildman–Crippen MR) is 72.1 cm³/mol. The molecule has 1 aromatic rings. The highest BCUT2D eigenvalue weighted by Crippen LogP contribution is 2.33. The van der Waals surface area contributed by atoms with Gasteiger partial charge in [-0.15, -0.1) is 0 Å². The van der Waals surface area contributed by atoms with Gasteiger partial charge in [0.15, 0.2) is 0 Å². The summed E-state index contributed by atoms with van der Waals surface area (Å²) in [7, 11) is 0. The van der Waals surface area contributed by atoms with E-state index in [-0.39, 0.29) is 10.7 Å². The van der Waals surface area contributed by atoms with Gasteiger partial charge in [0.05, 0.1) is 4.92 Å². The van der Waals surface area contributed by atoms with Crippen molar-refractivity contribution in [1.29, 1.82) is 0 Å². The zero-order chi connectivity index (χ0) is 12.3. The van der Waals surface area contributed by atoms with Crippen LogP contribution in [0.3, 0.4) is 0 Å². The fraction of sp³-hybridized carbons (Fsp3) is 0.455. The molecule has 0 spiro atoms. The third kappa shape index (κ3) is 3.04. The fourth-order valence-electron chi connectivity index (χ4n) is 1.88. The lowest BCUT2D eigenvalue weighted by Gasteiger charge is -2.23. The predicted octanol–water partition coefficient (Wildman–Crippen LogP) is 3.56. The quantitative estimate of drug-likeness (QED) is 0.675. The highest BCUT2D eigenvalue weighted by atomic mass is 35.5. The zero-order valence-electron chi connectivity index (χ0n) is 9.19. The number of hydrogen-bond acceptors (Lipinski definition) is 4. The monoisotopic (exact) mass is 272 g/mol. The molecule has 6 heteroatoms. The molecule has 1 heterocycles. The molecule has 0 saturated carbocycles. The molecule has 2 rings (SSSR count). The molecule has 1 aliphatic rings. The molecule has 1 aliphatic heterocycles. The molecule has 4 nitrogen and oxygen atoms in total. The van der Waals surface area contributed by atoms with Gasteiger partial charge in [-0.05, 0) is 36.5 Å². The first-order chi connectivity index (χ1) is 8.18. The number of anilines is 1. The smallest absolute Gasteiger partial charge is 0.310 e. The van der Waals surface area contributed by atoms with Gasteiger partial charge in [0.25, 0.3) is 0 Å². The van der Waals surface area contributed by atoms with Gasteiger partial charge in [-0.1, -0.05) is 17.7 Å². The Bertz CT molecular complexity index is 422. The molecule has 1 saturated heterocycles. The van der Waals surface area contributed by atoms with E-state index in [1.807, 2.05) is 11.8 Å². The molecule has 0 unspecified atom stereocenters. The molecule has 0 amide bonds. The summed E-state index contributed by atoms with van der Waals surface area (Å²) < 4.78 is 0. The van der Waals surface area contributed by atoms with Crippen molar-refractivity contribution in [3.8, 4) is 0 Å². The molecule has 1 aromatic carbocycles. The second kappa shape index (κ2) is 5.60. The van der Waals surface area contributed by atoms with Crippen molar-refractivity contribution < 1.29 is 4.92 Å². The molecule has 17 heavy (non-hydrogen) atoms. The Morgan fingerprint density at radius 3 is 2.76 bits per heavy atom. The Morgan fingerprint density at radius 2 is 2.12 bits per heavy atom. The van der Waals surface area contributed by atoms with Crippen molar-refractivity contribution in [3.63, 3.8) is 0 Å². The molecule has 0 bridgehead atoms. The van der Waals surface area contributed by atoms with Crippen LogP contribution in [0.1, 0.15) is 12.8 Å². The highest BCUT2D eigenvalue weighted by Gasteiger charge is 2.21. The van der Waals surface area contributed by atoms with Crippen LogP contribution in [0, 0.1) is 10.1 Å². The lowest BCUT2D eigenvalue weighted by molar-refractivity contribution is -0.383. The maximum Gasteiger partial charge on any atom is 0.310 e. The van der Waals surface area contributed by atoms with E-state index in [1.165, 1.54) is 0 Å². The minimum absolute atomic E-state index is 0.0209. The van der Waals surface area contributed by atoms with Crippen LogP contribution in [-0.4, -0.2) is 22.5 Å². The SMILES string of the molecule is O=[N+]([O-])c1c(Cl)cccc1NC1CCSCC1. The van der Waals surface area contributed by atoms with E-state index in [4.69, 9.17) is 11.6 Å². The summed E-state index contributed by atoms with van der Waals surface area (Å²) in [6.45, 7) is 0. The van der Waals surface area contributed by atoms with Gasteiger partial charge in [-0.3, -0.25) is 10.1 Å². The summed E-state index contributed by atoms with van der Waals surface area (Å²) in [5, 5.41) is 14.4. The number of rotatable bonds is 3. The number of halogens is 1. The first kappa shape index (κ1) is 12.5. The number of nitro benzene ring substituents is 1. The van der Waals surface area contributed by atoms with Gasteiger partial charge >= 0.3 is 5.69 Å². The molecular weight excluding hydrogens is 260 g/mol. The topological polar surface area (TPSA) is 55.2 Å². The van der Waals surface area contributed by atoms with E-state index in [1.54, 1.807) is 18.2 Å². The largest absolute Gasteiger partial charge is 0.377 e. The maximum absolute atomic E-state index is 11.0. The average Bonchev–Trinajstić information content (AvgIpc) is 2.30. The standard InChI is InChI=1S/C11H13ClN2O2S/c12-9-2-1-3-10(11(9)14(15)16)13-8-4-6-17-7-5-8/h1-3,8,13H,4-7H2. The summed E-state index contributed by atoms with van der Waals surface area (Å²) in [6, 6.07) is 5.30. The normalized spacial score (nSPS) is 16.8. The van der Waals surface area contributed by atoms with Crippen molar-refractivity contribution in [1.82, 2.24) is 0 Å². The van der Waals surface area contributed by atoms with Crippen molar-refractivity contribution >= 4 is 34.7 Å². The molecule has 0 radical (unpaired) electrons. The Hall–Kier alpha value is -0.940. The van der Waals surface area contributed by atoms with Crippen LogP contribution in [0.25, 0.3) is 0 Å². The Labute approximate surface area is 109 Å². The number of nitrogens with one attached hydrogen (secondary N) is 1. The maximum atomic E-state index is 11.0. The van der Waals surface area contributed by atoms with Crippen molar-refractivity contribution in [2.75, 3.05) is 16.8 Å². The molecule has 1 fully saturated rings. The summed E-state index contributed by atoms with van der Waals surface area (Å²) in [5.74, 6) is 2.21. The number of thioether (sulfide) groups is 1. The van der Waals surface area contributed by atoms with Crippen molar-refractivity contribution in [2.45, 2.75) is 18.9 Å². The van der Waals surface area contributed by atoms with Gasteiger partial charge in [0.2, 0.25) is 0 Å². The molecular formula is C11H13ClN2O2S. The van der Waals surface area contributed by atoms with Gasteiger partial charge in [-0.25, -0.2) is 0 Å². The van der Waals surface area contributed by atoms with Gasteiger partial charge in [0.1, 0.15) is 10.7 Å². The molecule has 0 aliphatic carbocycles. The third-order valence-electron chi connectivity index (χ3n) is 2.75. The second-order valence-corrected chi connectivity index (χ2v) is 5.56. The summed E-state index contributed by atoms with van der Waals surface area (Å²) in [6.07, 6.45) is 2.07. The van der Waals surface area contributed by atoms with Crippen LogP contribution in [0.15, 0.2) is 18.2 Å². The average molecular weight is 273 g/mol. The number of nitro groups is 1. The van der Waals surface area contributed by atoms with E-state index in [2.05, 4.69) is 5.32 Å². The Morgan fingerprint density at radius 1 is 1.41 bits per heavy atom. The minimum atomic E-state index is -0.428. The first-order valence-corrected chi connectivity index (χ1v) is 6.99. The van der Waals surface area contributed by atoms with Gasteiger partial charge < -0.3 is 5.32 Å². The lowest BCUT2D eigenvalue weighted by atomic mass is 10.1. The molecule has 0 aromatic heterocycles. The zero-order valence-corrected chi connectivity index (χ0v) is 10.8. The summed E-state index contributed by atoms with van der Waals surface area (Å²) in [5.41, 5.74) is 0.506. The van der Waals surface area contributed by atoms with Crippen LogP contribution in [-0.2, 0) is 0 Å². The van der Waals surface area contributed by atoms with Crippen molar-refractivity contribution in [3.05, 3.63) is 33.3 Å². The van der Waals surface area contributed by atoms with Crippen LogP contribution < -0.4 is 5.32 Å². The van der Waals surface area contributed by atoms with E-state index in [0.29, 0.717) is 11.7 Å². The van der Waals surface area contributed by atoms with E-state index in [9.17, 15) is 10.1 Å². The van der Waals surface area contributed by atoms with Crippen LogP contribution in [0.4, 0.5) is 11.4 Å². The van der Waals surface area contributed by atoms with Crippen LogP contribution >= 0.6 is 23.4 Å². The molecule has 92 valence electrons. The number of benzene rings is 1. The Balaban J connectivity index is 2.19. The van der Waals surface area contributed by atoms with Crippen LogP contribution in [0.2, 0.25) is 5.02 Å². The van der Waals surface area contributed by atoms with E-state index < -0.39 is 4.92 Å². The number of nitrogens with zero attached hydrogens (tertiary/aromatic N) is 1. The lowest BCUT2D eigenvalue weighted by Crippen LogP contribution is -2.24. The first-order valence-electron chi connectivity index (χ1n) is 5.45. The molecule has 1 N–H and O–H groups in total. The minimum Gasteiger partial charge on any atom is -0.377 e. The fourth-order valence-corrected chi connectivity index (χ4v) is 3.23. The van der Waals surface area contributed by atoms with Crippen LogP contribution in [0.5, 0.6) is 0 Å². The van der Waals surface area contributed by atoms with Crippen molar-refractivity contribution in [2.24, 2.45) is 0 Å². The summed E-state index contributed by atoms with van der Waals surface area (Å²) in [4.78, 5) is 10.5. The van der Waals surface area contributed by atoms with Gasteiger partial charge in [0, 0.05) is 6.04 Å². The highest BCUT2D eigenvalue weighted by molar-refractivity contribution is 7.99. The van der Waals surface area contributed by atoms with Gasteiger partial charge in [-0.2, -0.15) is 11.8 Å². The van der Waals surface area contributed by atoms with E-state index >= 15 is 0 Å². The second-order valence-electron chi connectivity index (χ2n) is 3.92.